The maximum absolute atomic E-state index is 13.3. The minimum Gasteiger partial charge on any atom is -0.377 e. The Balaban J connectivity index is 1.90. The summed E-state index contributed by atoms with van der Waals surface area (Å²) in [5.41, 5.74) is 2.76. The van der Waals surface area contributed by atoms with Crippen molar-refractivity contribution in [2.24, 2.45) is 0 Å². The zero-order valence-electron chi connectivity index (χ0n) is 16.0. The van der Waals surface area contributed by atoms with E-state index in [4.69, 9.17) is 14.0 Å². The third-order valence-electron chi connectivity index (χ3n) is 4.67. The van der Waals surface area contributed by atoms with Gasteiger partial charge in [-0.25, -0.2) is 0 Å². The van der Waals surface area contributed by atoms with Crippen molar-refractivity contribution in [3.8, 4) is 0 Å². The molecule has 0 radical (unpaired) electrons. The van der Waals surface area contributed by atoms with Crippen molar-refractivity contribution in [3.63, 3.8) is 0 Å². The van der Waals surface area contributed by atoms with Crippen LogP contribution in [0, 0.1) is 13.8 Å². The number of aryl methyl sites for hydroxylation is 1. The van der Waals surface area contributed by atoms with Crippen molar-refractivity contribution in [1.82, 2.24) is 19.6 Å². The van der Waals surface area contributed by atoms with E-state index < -0.39 is 0 Å². The van der Waals surface area contributed by atoms with Gasteiger partial charge in [0.2, 0.25) is 0 Å². The molecule has 8 heteroatoms. The van der Waals surface area contributed by atoms with E-state index >= 15 is 0 Å². The first kappa shape index (κ1) is 18.6. The fourth-order valence-corrected chi connectivity index (χ4v) is 3.59. The molecular weight excluding hydrogens is 336 g/mol. The van der Waals surface area contributed by atoms with Gasteiger partial charge < -0.3 is 23.5 Å². The van der Waals surface area contributed by atoms with E-state index in [-0.39, 0.29) is 18.6 Å². The highest BCUT2D eigenvalue weighted by molar-refractivity contribution is 5.96. The number of amides is 1. The maximum Gasteiger partial charge on any atom is 0.256 e. The highest BCUT2D eigenvalue weighted by atomic mass is 16.5. The van der Waals surface area contributed by atoms with E-state index in [1.165, 1.54) is 0 Å². The number of hydrogen-bond donors (Lipinski definition) is 0. The van der Waals surface area contributed by atoms with Crippen LogP contribution in [0.1, 0.15) is 59.4 Å². The van der Waals surface area contributed by atoms with Gasteiger partial charge >= 0.3 is 0 Å². The Morgan fingerprint density at radius 3 is 2.85 bits per heavy atom. The van der Waals surface area contributed by atoms with Crippen LogP contribution >= 0.6 is 0 Å². The molecule has 1 saturated heterocycles. The van der Waals surface area contributed by atoms with Crippen LogP contribution in [0.4, 0.5) is 0 Å². The van der Waals surface area contributed by atoms with Crippen LogP contribution in [0.25, 0.3) is 0 Å². The average molecular weight is 362 g/mol. The van der Waals surface area contributed by atoms with Crippen molar-refractivity contribution in [2.75, 3.05) is 26.9 Å². The van der Waals surface area contributed by atoms with Gasteiger partial charge in [-0.1, -0.05) is 5.16 Å². The highest BCUT2D eigenvalue weighted by Crippen LogP contribution is 2.27. The lowest BCUT2D eigenvalue weighted by Gasteiger charge is -2.33. The Hall–Kier alpha value is -2.19. The first-order chi connectivity index (χ1) is 12.4. The number of methoxy groups -OCH3 is 1. The van der Waals surface area contributed by atoms with E-state index in [1.807, 2.05) is 19.9 Å². The highest BCUT2D eigenvalue weighted by Gasteiger charge is 2.34. The SMILES string of the molecule is COCc1nc([C@@H]2COCCN2C(=O)c2cc(C)n(C(C)C)c2C)no1. The summed E-state index contributed by atoms with van der Waals surface area (Å²) in [5, 5.41) is 4.01. The summed E-state index contributed by atoms with van der Waals surface area (Å²) in [5.74, 6) is 0.803. The van der Waals surface area contributed by atoms with Gasteiger partial charge in [0.15, 0.2) is 5.82 Å². The number of hydrogen-bond acceptors (Lipinski definition) is 6. The van der Waals surface area contributed by atoms with Gasteiger partial charge in [-0.2, -0.15) is 4.98 Å². The summed E-state index contributed by atoms with van der Waals surface area (Å²) in [4.78, 5) is 19.4. The van der Waals surface area contributed by atoms with Crippen molar-refractivity contribution >= 4 is 5.91 Å². The van der Waals surface area contributed by atoms with Crippen LogP contribution in [-0.4, -0.2) is 52.4 Å². The van der Waals surface area contributed by atoms with Crippen LogP contribution in [-0.2, 0) is 16.1 Å². The third-order valence-corrected chi connectivity index (χ3v) is 4.67. The Morgan fingerprint density at radius 2 is 2.19 bits per heavy atom. The van der Waals surface area contributed by atoms with E-state index in [2.05, 4.69) is 28.6 Å². The first-order valence-corrected chi connectivity index (χ1v) is 8.82. The molecule has 8 nitrogen and oxygen atoms in total. The number of nitrogens with zero attached hydrogens (tertiary/aromatic N) is 4. The Bertz CT molecular complexity index is 780. The van der Waals surface area contributed by atoms with Crippen molar-refractivity contribution in [3.05, 3.63) is 34.7 Å². The molecule has 0 aliphatic carbocycles. The lowest BCUT2D eigenvalue weighted by atomic mass is 10.1. The van der Waals surface area contributed by atoms with Gasteiger partial charge in [0.1, 0.15) is 12.6 Å². The molecule has 2 aromatic rings. The molecule has 0 bridgehead atoms. The predicted molar refractivity (Wildman–Crippen MR) is 93.9 cm³/mol. The molecule has 1 amide bonds. The summed E-state index contributed by atoms with van der Waals surface area (Å²) in [6, 6.07) is 1.88. The molecule has 142 valence electrons. The molecule has 0 unspecified atom stereocenters. The Labute approximate surface area is 153 Å². The largest absolute Gasteiger partial charge is 0.377 e. The van der Waals surface area contributed by atoms with Gasteiger partial charge in [0, 0.05) is 31.1 Å². The van der Waals surface area contributed by atoms with Gasteiger partial charge in [-0.05, 0) is 33.8 Å². The Morgan fingerprint density at radius 1 is 1.42 bits per heavy atom. The molecule has 1 fully saturated rings. The van der Waals surface area contributed by atoms with Crippen LogP contribution < -0.4 is 0 Å². The summed E-state index contributed by atoms with van der Waals surface area (Å²) in [7, 11) is 1.56. The number of rotatable bonds is 5. The molecule has 26 heavy (non-hydrogen) atoms. The number of morpholine rings is 1. The maximum atomic E-state index is 13.3. The molecule has 1 atom stereocenters. The number of carbonyl (C=O) groups is 1. The lowest BCUT2D eigenvalue weighted by molar-refractivity contribution is -0.00581. The van der Waals surface area contributed by atoms with Gasteiger partial charge in [-0.15, -0.1) is 0 Å². The fourth-order valence-electron chi connectivity index (χ4n) is 3.59. The molecule has 0 aromatic carbocycles. The molecule has 1 aliphatic rings. The van der Waals surface area contributed by atoms with Crippen molar-refractivity contribution in [2.45, 2.75) is 46.4 Å². The smallest absolute Gasteiger partial charge is 0.256 e. The van der Waals surface area contributed by atoms with Gasteiger partial charge in [0.25, 0.3) is 11.8 Å². The lowest BCUT2D eigenvalue weighted by Crippen LogP contribution is -2.44. The van der Waals surface area contributed by atoms with Gasteiger partial charge in [-0.3, -0.25) is 4.79 Å². The fraction of sp³-hybridized carbons (Fsp3) is 0.611. The second-order valence-corrected chi connectivity index (χ2v) is 6.82. The quantitative estimate of drug-likeness (QED) is 0.812. The second-order valence-electron chi connectivity index (χ2n) is 6.82. The van der Waals surface area contributed by atoms with Crippen LogP contribution in [0.3, 0.4) is 0 Å². The van der Waals surface area contributed by atoms with Crippen molar-refractivity contribution < 1.29 is 18.8 Å². The molecule has 3 rings (SSSR count). The topological polar surface area (TPSA) is 82.6 Å². The number of aromatic nitrogens is 3. The third kappa shape index (κ3) is 3.39. The molecular formula is C18H26N4O4. The number of ether oxygens (including phenoxy) is 2. The minimum atomic E-state index is -0.368. The minimum absolute atomic E-state index is 0.0311. The molecule has 0 spiro atoms. The summed E-state index contributed by atoms with van der Waals surface area (Å²) >= 11 is 0. The summed E-state index contributed by atoms with van der Waals surface area (Å²) < 4.78 is 17.9. The van der Waals surface area contributed by atoms with Crippen molar-refractivity contribution in [1.29, 1.82) is 0 Å². The monoisotopic (exact) mass is 362 g/mol. The zero-order valence-corrected chi connectivity index (χ0v) is 16.0. The van der Waals surface area contributed by atoms with E-state index in [1.54, 1.807) is 12.0 Å². The molecule has 3 heterocycles. The van der Waals surface area contributed by atoms with E-state index in [9.17, 15) is 4.79 Å². The van der Waals surface area contributed by atoms with Crippen LogP contribution in [0.15, 0.2) is 10.6 Å². The molecule has 0 N–H and O–H groups in total. The second kappa shape index (κ2) is 7.59. The van der Waals surface area contributed by atoms with Gasteiger partial charge in [0.05, 0.1) is 18.8 Å². The summed E-state index contributed by atoms with van der Waals surface area (Å²) in [6.07, 6.45) is 0. The normalized spacial score (nSPS) is 17.9. The van der Waals surface area contributed by atoms with E-state index in [0.29, 0.717) is 43.1 Å². The molecule has 1 aliphatic heterocycles. The standard InChI is InChI=1S/C18H26N4O4/c1-11(2)22-12(3)8-14(13(22)4)18(23)21-6-7-25-9-15(21)17-19-16(10-24-5)26-20-17/h8,11,15H,6-7,9-10H2,1-5H3/t15-/m0/s1. The average Bonchev–Trinajstić information content (AvgIpc) is 3.19. The number of carbonyl (C=O) groups excluding carboxylic acids is 1. The molecule has 2 aromatic heterocycles. The van der Waals surface area contributed by atoms with Crippen LogP contribution in [0.5, 0.6) is 0 Å². The summed E-state index contributed by atoms with van der Waals surface area (Å²) in [6.45, 7) is 9.81. The zero-order chi connectivity index (χ0) is 18.8. The Kier molecular flexibility index (Phi) is 5.43. The first-order valence-electron chi connectivity index (χ1n) is 8.82. The van der Waals surface area contributed by atoms with Crippen LogP contribution in [0.2, 0.25) is 0 Å². The molecule has 0 saturated carbocycles. The van der Waals surface area contributed by atoms with E-state index in [0.717, 1.165) is 11.4 Å². The predicted octanol–water partition coefficient (Wildman–Crippen LogP) is 2.43.